The number of ether oxygens (including phenoxy) is 1. The van der Waals surface area contributed by atoms with Crippen molar-refractivity contribution >= 4 is 23.5 Å². The Bertz CT molecular complexity index is 893. The SMILES string of the molecule is COC(=O)c1cccc(CC2CCN(C(=O)c3c[nH]c(=O)c(Cl)c3)C2)c1. The fraction of sp³-hybridized carbons (Fsp3) is 0.316. The Morgan fingerprint density at radius 1 is 1.31 bits per heavy atom. The molecule has 2 aromatic rings. The third-order valence-electron chi connectivity index (χ3n) is 4.55. The van der Waals surface area contributed by atoms with E-state index in [0.29, 0.717) is 30.1 Å². The molecule has 0 aliphatic carbocycles. The van der Waals surface area contributed by atoms with Crippen molar-refractivity contribution < 1.29 is 14.3 Å². The molecule has 1 aliphatic rings. The minimum atomic E-state index is -0.409. The maximum Gasteiger partial charge on any atom is 0.337 e. The van der Waals surface area contributed by atoms with Gasteiger partial charge in [-0.2, -0.15) is 0 Å². The van der Waals surface area contributed by atoms with Crippen molar-refractivity contribution in [3.8, 4) is 0 Å². The predicted octanol–water partition coefficient (Wildman–Crippen LogP) is 2.52. The molecule has 1 amide bonds. The van der Waals surface area contributed by atoms with Crippen LogP contribution in [0.3, 0.4) is 0 Å². The number of nitrogens with one attached hydrogen (secondary N) is 1. The van der Waals surface area contributed by atoms with Gasteiger partial charge in [-0.25, -0.2) is 4.79 Å². The van der Waals surface area contributed by atoms with Crippen molar-refractivity contribution in [1.29, 1.82) is 0 Å². The molecular formula is C19H19ClN2O4. The monoisotopic (exact) mass is 374 g/mol. The van der Waals surface area contributed by atoms with Gasteiger partial charge in [-0.15, -0.1) is 0 Å². The smallest absolute Gasteiger partial charge is 0.337 e. The number of amides is 1. The second-order valence-corrected chi connectivity index (χ2v) is 6.77. The highest BCUT2D eigenvalue weighted by molar-refractivity contribution is 6.30. The first-order chi connectivity index (χ1) is 12.5. The van der Waals surface area contributed by atoms with Crippen LogP contribution in [0, 0.1) is 5.92 Å². The quantitative estimate of drug-likeness (QED) is 0.834. The van der Waals surface area contributed by atoms with E-state index in [1.807, 2.05) is 18.2 Å². The van der Waals surface area contributed by atoms with Crippen LogP contribution in [0.25, 0.3) is 0 Å². The van der Waals surface area contributed by atoms with Crippen LogP contribution in [0.2, 0.25) is 5.02 Å². The van der Waals surface area contributed by atoms with Crippen LogP contribution >= 0.6 is 11.6 Å². The summed E-state index contributed by atoms with van der Waals surface area (Å²) in [5.74, 6) is -0.191. The Morgan fingerprint density at radius 2 is 2.12 bits per heavy atom. The number of halogens is 1. The molecule has 1 N–H and O–H groups in total. The molecular weight excluding hydrogens is 356 g/mol. The number of benzene rings is 1. The van der Waals surface area contributed by atoms with Crippen LogP contribution in [0.1, 0.15) is 32.7 Å². The molecule has 1 aromatic heterocycles. The lowest BCUT2D eigenvalue weighted by molar-refractivity contribution is 0.0600. The zero-order valence-electron chi connectivity index (χ0n) is 14.3. The molecule has 7 heteroatoms. The van der Waals surface area contributed by atoms with E-state index in [-0.39, 0.29) is 16.9 Å². The van der Waals surface area contributed by atoms with Gasteiger partial charge in [0.05, 0.1) is 18.2 Å². The number of aromatic nitrogens is 1. The Morgan fingerprint density at radius 3 is 2.85 bits per heavy atom. The predicted molar refractivity (Wildman–Crippen MR) is 97.6 cm³/mol. The fourth-order valence-electron chi connectivity index (χ4n) is 3.22. The maximum absolute atomic E-state index is 12.6. The molecule has 26 heavy (non-hydrogen) atoms. The Labute approximate surface area is 155 Å². The van der Waals surface area contributed by atoms with Crippen molar-refractivity contribution in [2.45, 2.75) is 12.8 Å². The Kier molecular flexibility index (Phi) is 5.42. The number of H-pyrrole nitrogens is 1. The topological polar surface area (TPSA) is 79.5 Å². The number of likely N-dealkylation sites (tertiary alicyclic amines) is 1. The molecule has 1 unspecified atom stereocenters. The minimum Gasteiger partial charge on any atom is -0.465 e. The fourth-order valence-corrected chi connectivity index (χ4v) is 3.39. The van der Waals surface area contributed by atoms with Crippen molar-refractivity contribution in [3.63, 3.8) is 0 Å². The van der Waals surface area contributed by atoms with Crippen molar-refractivity contribution in [2.75, 3.05) is 20.2 Å². The van der Waals surface area contributed by atoms with E-state index in [1.165, 1.54) is 19.4 Å². The number of methoxy groups -OCH3 is 1. The summed E-state index contributed by atoms with van der Waals surface area (Å²) in [5.41, 5.74) is 1.54. The van der Waals surface area contributed by atoms with Crippen molar-refractivity contribution in [2.24, 2.45) is 5.92 Å². The average Bonchev–Trinajstić information content (AvgIpc) is 3.11. The van der Waals surface area contributed by atoms with E-state index < -0.39 is 5.56 Å². The molecule has 0 radical (unpaired) electrons. The second kappa shape index (κ2) is 7.74. The second-order valence-electron chi connectivity index (χ2n) is 6.37. The lowest BCUT2D eigenvalue weighted by atomic mass is 9.97. The van der Waals surface area contributed by atoms with E-state index in [4.69, 9.17) is 16.3 Å². The Balaban J connectivity index is 1.65. The number of aromatic amines is 1. The van der Waals surface area contributed by atoms with Crippen molar-refractivity contribution in [3.05, 3.63) is 68.6 Å². The summed E-state index contributed by atoms with van der Waals surface area (Å²) in [4.78, 5) is 39.8. The van der Waals surface area contributed by atoms with Gasteiger partial charge < -0.3 is 14.6 Å². The van der Waals surface area contributed by atoms with Crippen LogP contribution in [-0.4, -0.2) is 42.0 Å². The van der Waals surface area contributed by atoms with E-state index in [0.717, 1.165) is 18.4 Å². The van der Waals surface area contributed by atoms with Gasteiger partial charge in [-0.3, -0.25) is 9.59 Å². The highest BCUT2D eigenvalue weighted by atomic mass is 35.5. The number of esters is 1. The highest BCUT2D eigenvalue weighted by Crippen LogP contribution is 2.23. The minimum absolute atomic E-state index is 0.00576. The van der Waals surface area contributed by atoms with Crippen LogP contribution in [0.15, 0.2) is 41.3 Å². The largest absolute Gasteiger partial charge is 0.465 e. The summed E-state index contributed by atoms with van der Waals surface area (Å²) in [6.07, 6.45) is 3.05. The lowest BCUT2D eigenvalue weighted by Crippen LogP contribution is -2.29. The molecule has 1 saturated heterocycles. The van der Waals surface area contributed by atoms with E-state index in [9.17, 15) is 14.4 Å². The zero-order valence-corrected chi connectivity index (χ0v) is 15.1. The molecule has 0 spiro atoms. The first-order valence-electron chi connectivity index (χ1n) is 8.32. The number of hydrogen-bond acceptors (Lipinski definition) is 4. The molecule has 136 valence electrons. The van der Waals surface area contributed by atoms with Crippen LogP contribution < -0.4 is 5.56 Å². The molecule has 3 rings (SSSR count). The molecule has 1 aromatic carbocycles. The van der Waals surface area contributed by atoms with Gasteiger partial charge in [-0.1, -0.05) is 23.7 Å². The molecule has 0 saturated carbocycles. The van der Waals surface area contributed by atoms with Gasteiger partial charge in [0.1, 0.15) is 5.02 Å². The first-order valence-corrected chi connectivity index (χ1v) is 8.70. The standard InChI is InChI=1S/C19H19ClN2O4/c1-26-19(25)14-4-2-3-12(8-14)7-13-5-6-22(11-13)18(24)15-9-16(20)17(23)21-10-15/h2-4,8-10,13H,5-7,11H2,1H3,(H,21,23). The van der Waals surface area contributed by atoms with Crippen LogP contribution in [0.4, 0.5) is 0 Å². The van der Waals surface area contributed by atoms with Gasteiger partial charge >= 0.3 is 5.97 Å². The molecule has 0 bridgehead atoms. The summed E-state index contributed by atoms with van der Waals surface area (Å²) < 4.78 is 4.75. The molecule has 1 aliphatic heterocycles. The summed E-state index contributed by atoms with van der Waals surface area (Å²) in [5, 5.41) is 0.00576. The van der Waals surface area contributed by atoms with Gasteiger partial charge in [0, 0.05) is 19.3 Å². The average molecular weight is 375 g/mol. The maximum atomic E-state index is 12.6. The third-order valence-corrected chi connectivity index (χ3v) is 4.83. The van der Waals surface area contributed by atoms with Gasteiger partial charge in [-0.05, 0) is 42.5 Å². The van der Waals surface area contributed by atoms with E-state index in [2.05, 4.69) is 4.98 Å². The summed E-state index contributed by atoms with van der Waals surface area (Å²) >= 11 is 5.80. The summed E-state index contributed by atoms with van der Waals surface area (Å²) in [7, 11) is 1.36. The number of rotatable bonds is 4. The Hall–Kier alpha value is -2.60. The van der Waals surface area contributed by atoms with E-state index >= 15 is 0 Å². The van der Waals surface area contributed by atoms with Gasteiger partial charge in [0.25, 0.3) is 11.5 Å². The van der Waals surface area contributed by atoms with Crippen LogP contribution in [-0.2, 0) is 11.2 Å². The lowest BCUT2D eigenvalue weighted by Gasteiger charge is -2.17. The third kappa shape index (κ3) is 3.96. The van der Waals surface area contributed by atoms with Crippen molar-refractivity contribution in [1.82, 2.24) is 9.88 Å². The number of hydrogen-bond donors (Lipinski definition) is 1. The summed E-state index contributed by atoms with van der Waals surface area (Å²) in [6.45, 7) is 1.27. The molecule has 1 atom stereocenters. The number of carbonyl (C=O) groups excluding carboxylic acids is 2. The normalized spacial score (nSPS) is 16.5. The van der Waals surface area contributed by atoms with E-state index in [1.54, 1.807) is 11.0 Å². The van der Waals surface area contributed by atoms with Gasteiger partial charge in [0.2, 0.25) is 0 Å². The first kappa shape index (κ1) is 18.2. The molecule has 1 fully saturated rings. The summed E-state index contributed by atoms with van der Waals surface area (Å²) in [6, 6.07) is 8.76. The number of carbonyl (C=O) groups is 2. The zero-order chi connectivity index (χ0) is 18.7. The number of nitrogens with zero attached hydrogens (tertiary/aromatic N) is 1. The van der Waals surface area contributed by atoms with Gasteiger partial charge in [0.15, 0.2) is 0 Å². The highest BCUT2D eigenvalue weighted by Gasteiger charge is 2.27. The molecule has 2 heterocycles. The van der Waals surface area contributed by atoms with Crippen LogP contribution in [0.5, 0.6) is 0 Å². The molecule has 6 nitrogen and oxygen atoms in total. The number of pyridine rings is 1.